The second-order valence-corrected chi connectivity index (χ2v) is 5.01. The standard InChI is InChI=1S/C8H20N.CH3O/c1-8(2,3)7-9(4,5)6;1-2/h7H2,1-6H3;1H3/q+1;-1. The maximum absolute atomic E-state index is 8.25. The van der Waals surface area contributed by atoms with E-state index in [4.69, 9.17) is 5.11 Å². The largest absolute Gasteiger partial charge is 0.857 e. The summed E-state index contributed by atoms with van der Waals surface area (Å²) in [6, 6.07) is 0. The first kappa shape index (κ1) is 13.5. The number of hydrogen-bond donors (Lipinski definition) is 0. The molecule has 70 valence electrons. The van der Waals surface area contributed by atoms with Crippen LogP contribution in [0.15, 0.2) is 0 Å². The highest BCUT2D eigenvalue weighted by molar-refractivity contribution is 4.58. The van der Waals surface area contributed by atoms with Crippen LogP contribution in [0, 0.1) is 5.41 Å². The molecule has 0 fully saturated rings. The molecule has 0 aliphatic rings. The second kappa shape index (κ2) is 4.73. The Hall–Kier alpha value is -0.0800. The molecule has 0 aromatic carbocycles. The van der Waals surface area contributed by atoms with Gasteiger partial charge in [0.2, 0.25) is 0 Å². The molecule has 0 N–H and O–H groups in total. The van der Waals surface area contributed by atoms with E-state index < -0.39 is 0 Å². The average molecular weight is 161 g/mol. The van der Waals surface area contributed by atoms with Crippen molar-refractivity contribution in [2.75, 3.05) is 34.8 Å². The predicted octanol–water partition coefficient (Wildman–Crippen LogP) is 0.715. The van der Waals surface area contributed by atoms with Gasteiger partial charge in [-0.1, -0.05) is 20.8 Å². The zero-order valence-electron chi connectivity index (χ0n) is 9.06. The fourth-order valence-corrected chi connectivity index (χ4v) is 1.42. The Labute approximate surface area is 71.4 Å². The lowest BCUT2D eigenvalue weighted by Crippen LogP contribution is -2.41. The summed E-state index contributed by atoms with van der Waals surface area (Å²) in [6.45, 7) is 8.05. The van der Waals surface area contributed by atoms with E-state index in [0.717, 1.165) is 11.6 Å². The third-order valence-corrected chi connectivity index (χ3v) is 0.949. The van der Waals surface area contributed by atoms with E-state index in [9.17, 15) is 0 Å². The molecule has 0 unspecified atom stereocenters. The number of quaternary nitrogens is 1. The minimum Gasteiger partial charge on any atom is -0.857 e. The van der Waals surface area contributed by atoms with E-state index in [1.54, 1.807) is 0 Å². The molecule has 0 aromatic rings. The van der Waals surface area contributed by atoms with E-state index in [2.05, 4.69) is 41.9 Å². The Bertz CT molecular complexity index is 74.7. The molecule has 0 aliphatic heterocycles. The van der Waals surface area contributed by atoms with Gasteiger partial charge in [0.15, 0.2) is 0 Å². The van der Waals surface area contributed by atoms with E-state index in [1.165, 1.54) is 6.54 Å². The van der Waals surface area contributed by atoms with Gasteiger partial charge in [-0.05, 0) is 0 Å². The number of hydrogen-bond acceptors (Lipinski definition) is 1. The Balaban J connectivity index is 0. The topological polar surface area (TPSA) is 23.1 Å². The van der Waals surface area contributed by atoms with Gasteiger partial charge in [0.25, 0.3) is 0 Å². The van der Waals surface area contributed by atoms with Crippen LogP contribution in [0.2, 0.25) is 0 Å². The predicted molar refractivity (Wildman–Crippen MR) is 48.3 cm³/mol. The summed E-state index contributed by atoms with van der Waals surface area (Å²) in [5.74, 6) is 0. The van der Waals surface area contributed by atoms with Crippen molar-refractivity contribution in [1.29, 1.82) is 0 Å². The molecule has 0 amide bonds. The van der Waals surface area contributed by atoms with Crippen LogP contribution in [0.3, 0.4) is 0 Å². The molecule has 0 bridgehead atoms. The van der Waals surface area contributed by atoms with Gasteiger partial charge >= 0.3 is 0 Å². The monoisotopic (exact) mass is 161 g/mol. The molecule has 0 saturated heterocycles. The fraction of sp³-hybridized carbons (Fsp3) is 1.00. The molecule has 0 heterocycles. The molecule has 11 heavy (non-hydrogen) atoms. The van der Waals surface area contributed by atoms with Crippen LogP contribution in [0.4, 0.5) is 0 Å². The van der Waals surface area contributed by atoms with Crippen LogP contribution in [-0.2, 0) is 0 Å². The molecule has 0 aromatic heterocycles. The molecule has 2 heteroatoms. The van der Waals surface area contributed by atoms with Gasteiger partial charge in [0.1, 0.15) is 0 Å². The summed E-state index contributed by atoms with van der Waals surface area (Å²) in [4.78, 5) is 0. The van der Waals surface area contributed by atoms with Gasteiger partial charge < -0.3 is 9.59 Å². The maximum Gasteiger partial charge on any atom is 0.0829 e. The van der Waals surface area contributed by atoms with Gasteiger partial charge in [-0.2, -0.15) is 7.11 Å². The quantitative estimate of drug-likeness (QED) is 0.520. The second-order valence-electron chi connectivity index (χ2n) is 5.01. The third-order valence-electron chi connectivity index (χ3n) is 0.949. The summed E-state index contributed by atoms with van der Waals surface area (Å²) in [5, 5.41) is 8.25. The molecular weight excluding hydrogens is 138 g/mol. The molecule has 0 saturated carbocycles. The zero-order chi connectivity index (χ0) is 9.71. The van der Waals surface area contributed by atoms with Gasteiger partial charge in [-0.3, -0.25) is 0 Å². The van der Waals surface area contributed by atoms with Crippen molar-refractivity contribution >= 4 is 0 Å². The molecular formula is C9H23NO. The molecule has 0 aliphatic carbocycles. The van der Waals surface area contributed by atoms with Crippen molar-refractivity contribution < 1.29 is 9.59 Å². The molecule has 2 nitrogen and oxygen atoms in total. The lowest BCUT2D eigenvalue weighted by Gasteiger charge is -2.31. The van der Waals surface area contributed by atoms with Crippen molar-refractivity contribution in [3.8, 4) is 0 Å². The Kier molecular flexibility index (Phi) is 5.81. The molecule has 0 atom stereocenters. The molecule has 0 rings (SSSR count). The van der Waals surface area contributed by atoms with Crippen LogP contribution in [0.5, 0.6) is 0 Å². The Morgan fingerprint density at radius 3 is 1.27 bits per heavy atom. The van der Waals surface area contributed by atoms with Crippen molar-refractivity contribution in [1.82, 2.24) is 0 Å². The third kappa shape index (κ3) is 17.8. The van der Waals surface area contributed by atoms with Gasteiger partial charge in [-0.15, -0.1) is 0 Å². The normalized spacial score (nSPS) is 12.0. The minimum absolute atomic E-state index is 0.457. The summed E-state index contributed by atoms with van der Waals surface area (Å²) in [6.07, 6.45) is 0. The maximum atomic E-state index is 8.25. The van der Waals surface area contributed by atoms with Gasteiger partial charge in [-0.25, -0.2) is 0 Å². The fourth-order valence-electron chi connectivity index (χ4n) is 1.42. The van der Waals surface area contributed by atoms with E-state index in [-0.39, 0.29) is 0 Å². The Morgan fingerprint density at radius 1 is 1.00 bits per heavy atom. The van der Waals surface area contributed by atoms with Gasteiger partial charge in [0, 0.05) is 5.41 Å². The lowest BCUT2D eigenvalue weighted by molar-refractivity contribution is -0.876. The summed E-state index contributed by atoms with van der Waals surface area (Å²) in [7, 11) is 7.43. The van der Waals surface area contributed by atoms with Crippen LogP contribution in [0.25, 0.3) is 0 Å². The average Bonchev–Trinajstić information content (AvgIpc) is 1.60. The first-order chi connectivity index (χ1) is 4.71. The van der Waals surface area contributed by atoms with E-state index >= 15 is 0 Å². The SMILES string of the molecule is CC(C)(C)C[N+](C)(C)C.C[O-]. The van der Waals surface area contributed by atoms with Crippen molar-refractivity contribution in [3.63, 3.8) is 0 Å². The lowest BCUT2D eigenvalue weighted by atomic mass is 9.96. The van der Waals surface area contributed by atoms with Crippen LogP contribution >= 0.6 is 0 Å². The highest BCUT2D eigenvalue weighted by Crippen LogP contribution is 2.15. The van der Waals surface area contributed by atoms with E-state index in [0.29, 0.717) is 5.41 Å². The minimum atomic E-state index is 0.457. The van der Waals surface area contributed by atoms with Crippen molar-refractivity contribution in [3.05, 3.63) is 0 Å². The van der Waals surface area contributed by atoms with E-state index in [1.807, 2.05) is 0 Å². The van der Waals surface area contributed by atoms with Crippen molar-refractivity contribution in [2.45, 2.75) is 20.8 Å². The summed E-state index contributed by atoms with van der Waals surface area (Å²) in [5.41, 5.74) is 0.457. The summed E-state index contributed by atoms with van der Waals surface area (Å²) < 4.78 is 1.06. The first-order valence-electron chi connectivity index (χ1n) is 3.92. The number of rotatable bonds is 1. The van der Waals surface area contributed by atoms with Crippen molar-refractivity contribution in [2.24, 2.45) is 5.41 Å². The van der Waals surface area contributed by atoms with Crippen LogP contribution in [0.1, 0.15) is 20.8 Å². The Morgan fingerprint density at radius 2 is 1.27 bits per heavy atom. The molecule has 0 radical (unpaired) electrons. The summed E-state index contributed by atoms with van der Waals surface area (Å²) >= 11 is 0. The van der Waals surface area contributed by atoms with Gasteiger partial charge in [0.05, 0.1) is 27.7 Å². The highest BCUT2D eigenvalue weighted by atomic mass is 16.2. The molecule has 0 spiro atoms. The highest BCUT2D eigenvalue weighted by Gasteiger charge is 2.19. The zero-order valence-corrected chi connectivity index (χ0v) is 9.06. The number of nitrogens with zero attached hydrogens (tertiary/aromatic N) is 1. The van der Waals surface area contributed by atoms with Crippen LogP contribution < -0.4 is 5.11 Å². The smallest absolute Gasteiger partial charge is 0.0829 e. The first-order valence-corrected chi connectivity index (χ1v) is 3.92. The van der Waals surface area contributed by atoms with Crippen LogP contribution in [-0.4, -0.2) is 39.3 Å².